The first kappa shape index (κ1) is 15.5. The Hall–Kier alpha value is -1.43. The monoisotopic (exact) mass is 321 g/mol. The quantitative estimate of drug-likeness (QED) is 0.845. The predicted octanol–water partition coefficient (Wildman–Crippen LogP) is 3.39. The van der Waals surface area contributed by atoms with Crippen molar-refractivity contribution in [1.29, 1.82) is 0 Å². The number of benzene rings is 1. The lowest BCUT2D eigenvalue weighted by Crippen LogP contribution is -2.33. The highest BCUT2D eigenvalue weighted by molar-refractivity contribution is 6.30. The smallest absolute Gasteiger partial charge is 0.241 e. The van der Waals surface area contributed by atoms with Crippen LogP contribution in [-0.4, -0.2) is 41.3 Å². The molecule has 0 spiro atoms. The van der Waals surface area contributed by atoms with Crippen LogP contribution in [-0.2, 0) is 11.3 Å². The van der Waals surface area contributed by atoms with Crippen molar-refractivity contribution in [3.63, 3.8) is 0 Å². The average molecular weight is 322 g/mol. The van der Waals surface area contributed by atoms with Gasteiger partial charge in [0, 0.05) is 23.7 Å². The summed E-state index contributed by atoms with van der Waals surface area (Å²) in [7, 11) is 2.05. The highest BCUT2D eigenvalue weighted by atomic mass is 35.5. The van der Waals surface area contributed by atoms with Crippen molar-refractivity contribution in [2.75, 3.05) is 20.2 Å². The molecule has 0 aliphatic carbocycles. The number of ether oxygens (including phenoxy) is 1. The molecule has 2 aromatic rings. The maximum absolute atomic E-state index is 5.88. The Labute approximate surface area is 135 Å². The van der Waals surface area contributed by atoms with E-state index >= 15 is 0 Å². The summed E-state index contributed by atoms with van der Waals surface area (Å²) in [6, 6.07) is 7.41. The van der Waals surface area contributed by atoms with Gasteiger partial charge in [0.25, 0.3) is 0 Å². The third-order valence-electron chi connectivity index (χ3n) is 3.76. The molecule has 1 aliphatic heterocycles. The van der Waals surface area contributed by atoms with Crippen molar-refractivity contribution in [1.82, 2.24) is 15.0 Å². The number of rotatable bonds is 5. The van der Waals surface area contributed by atoms with Crippen molar-refractivity contribution < 1.29 is 9.26 Å². The summed E-state index contributed by atoms with van der Waals surface area (Å²) in [6.45, 7) is 2.39. The van der Waals surface area contributed by atoms with Crippen LogP contribution in [0.4, 0.5) is 0 Å². The highest BCUT2D eigenvalue weighted by Gasteiger charge is 2.17. The van der Waals surface area contributed by atoms with E-state index < -0.39 is 0 Å². The van der Waals surface area contributed by atoms with Gasteiger partial charge in [-0.05, 0) is 50.6 Å². The van der Waals surface area contributed by atoms with Crippen LogP contribution in [0.1, 0.15) is 25.2 Å². The van der Waals surface area contributed by atoms with Gasteiger partial charge < -0.3 is 9.26 Å². The minimum Gasteiger partial charge on any atom is -0.377 e. The molecular formula is C16H20ClN3O2. The highest BCUT2D eigenvalue weighted by Crippen LogP contribution is 2.19. The number of aromatic nitrogens is 2. The number of halogens is 1. The minimum atomic E-state index is 0.317. The van der Waals surface area contributed by atoms with Gasteiger partial charge in [0.1, 0.15) is 0 Å². The Morgan fingerprint density at radius 2 is 2.09 bits per heavy atom. The topological polar surface area (TPSA) is 51.4 Å². The Bertz CT molecular complexity index is 594. The van der Waals surface area contributed by atoms with Gasteiger partial charge in [-0.2, -0.15) is 4.98 Å². The van der Waals surface area contributed by atoms with Crippen LogP contribution in [0.2, 0.25) is 5.02 Å². The minimum absolute atomic E-state index is 0.317. The molecule has 0 unspecified atom stereocenters. The molecule has 0 N–H and O–H groups in total. The lowest BCUT2D eigenvalue weighted by Gasteiger charge is -2.26. The molecule has 0 bridgehead atoms. The molecule has 3 rings (SSSR count). The second-order valence-electron chi connectivity index (χ2n) is 5.70. The summed E-state index contributed by atoms with van der Waals surface area (Å²) in [4.78, 5) is 6.60. The van der Waals surface area contributed by atoms with Crippen LogP contribution in [0, 0.1) is 0 Å². The first-order valence-corrected chi connectivity index (χ1v) is 7.97. The number of nitrogens with zero attached hydrogens (tertiary/aromatic N) is 3. The van der Waals surface area contributed by atoms with Gasteiger partial charge in [0.2, 0.25) is 11.7 Å². The van der Waals surface area contributed by atoms with Gasteiger partial charge in [-0.15, -0.1) is 0 Å². The standard InChI is InChI=1S/C16H20ClN3O2/c1-20(10-14-4-2-3-9-21-14)11-15-18-16(19-22-15)12-5-7-13(17)8-6-12/h5-8,14H,2-4,9-11H2,1H3/t14-/m0/s1. The predicted molar refractivity (Wildman–Crippen MR) is 84.7 cm³/mol. The maximum atomic E-state index is 5.88. The zero-order valence-corrected chi connectivity index (χ0v) is 13.4. The Kier molecular flexibility index (Phi) is 5.08. The SMILES string of the molecule is CN(Cc1nc(-c2ccc(Cl)cc2)no1)C[C@@H]1CCCCO1. The van der Waals surface area contributed by atoms with Crippen molar-refractivity contribution >= 4 is 11.6 Å². The summed E-state index contributed by atoms with van der Waals surface area (Å²) in [6.07, 6.45) is 3.87. The summed E-state index contributed by atoms with van der Waals surface area (Å²) in [5.74, 6) is 1.21. The summed E-state index contributed by atoms with van der Waals surface area (Å²) < 4.78 is 11.1. The van der Waals surface area contributed by atoms with Crippen molar-refractivity contribution in [3.8, 4) is 11.4 Å². The molecule has 1 aromatic carbocycles. The van der Waals surface area contributed by atoms with E-state index in [0.717, 1.165) is 25.1 Å². The van der Waals surface area contributed by atoms with E-state index in [9.17, 15) is 0 Å². The molecule has 1 fully saturated rings. The Balaban J connectivity index is 1.57. The van der Waals surface area contributed by atoms with E-state index in [0.29, 0.717) is 29.4 Å². The zero-order valence-electron chi connectivity index (χ0n) is 12.7. The fourth-order valence-corrected chi connectivity index (χ4v) is 2.76. The van der Waals surface area contributed by atoms with Crippen LogP contribution in [0.25, 0.3) is 11.4 Å². The number of likely N-dealkylation sites (N-methyl/N-ethyl adjacent to an activating group) is 1. The first-order chi connectivity index (χ1) is 10.7. The maximum Gasteiger partial charge on any atom is 0.241 e. The van der Waals surface area contributed by atoms with E-state index in [1.165, 1.54) is 12.8 Å². The lowest BCUT2D eigenvalue weighted by atomic mass is 10.1. The molecule has 1 atom stereocenters. The Morgan fingerprint density at radius 3 is 2.82 bits per heavy atom. The molecule has 6 heteroatoms. The summed E-state index contributed by atoms with van der Waals surface area (Å²) >= 11 is 5.88. The van der Waals surface area contributed by atoms with Crippen molar-refractivity contribution in [2.24, 2.45) is 0 Å². The van der Waals surface area contributed by atoms with Gasteiger partial charge >= 0.3 is 0 Å². The largest absolute Gasteiger partial charge is 0.377 e. The molecule has 0 saturated carbocycles. The van der Waals surface area contributed by atoms with Gasteiger partial charge in [-0.1, -0.05) is 16.8 Å². The fraction of sp³-hybridized carbons (Fsp3) is 0.500. The second-order valence-corrected chi connectivity index (χ2v) is 6.14. The van der Waals surface area contributed by atoms with E-state index in [4.69, 9.17) is 20.9 Å². The summed E-state index contributed by atoms with van der Waals surface area (Å²) in [5, 5.41) is 4.72. The number of hydrogen-bond acceptors (Lipinski definition) is 5. The third-order valence-corrected chi connectivity index (χ3v) is 4.02. The third kappa shape index (κ3) is 4.06. The molecule has 0 amide bonds. The molecule has 2 heterocycles. The molecule has 118 valence electrons. The van der Waals surface area contributed by atoms with E-state index in [1.807, 2.05) is 31.3 Å². The zero-order chi connectivity index (χ0) is 15.4. The van der Waals surface area contributed by atoms with Gasteiger partial charge in [0.15, 0.2) is 0 Å². The van der Waals surface area contributed by atoms with E-state index in [-0.39, 0.29) is 0 Å². The fourth-order valence-electron chi connectivity index (χ4n) is 2.63. The van der Waals surface area contributed by atoms with E-state index in [2.05, 4.69) is 15.0 Å². The van der Waals surface area contributed by atoms with E-state index in [1.54, 1.807) is 0 Å². The molecule has 1 aliphatic rings. The summed E-state index contributed by atoms with van der Waals surface area (Å²) in [5.41, 5.74) is 0.901. The molecular weight excluding hydrogens is 302 g/mol. The van der Waals surface area contributed by atoms with Gasteiger partial charge in [-0.25, -0.2) is 0 Å². The first-order valence-electron chi connectivity index (χ1n) is 7.59. The second kappa shape index (κ2) is 7.22. The lowest BCUT2D eigenvalue weighted by molar-refractivity contribution is -0.00382. The van der Waals surface area contributed by atoms with Crippen LogP contribution < -0.4 is 0 Å². The normalized spacial score (nSPS) is 18.8. The van der Waals surface area contributed by atoms with Crippen molar-refractivity contribution in [3.05, 3.63) is 35.2 Å². The molecule has 0 radical (unpaired) electrons. The van der Waals surface area contributed by atoms with Crippen LogP contribution in [0.5, 0.6) is 0 Å². The molecule has 22 heavy (non-hydrogen) atoms. The molecule has 5 nitrogen and oxygen atoms in total. The van der Waals surface area contributed by atoms with Crippen molar-refractivity contribution in [2.45, 2.75) is 31.9 Å². The Morgan fingerprint density at radius 1 is 1.27 bits per heavy atom. The van der Waals surface area contributed by atoms with Crippen LogP contribution in [0.3, 0.4) is 0 Å². The molecule has 1 aromatic heterocycles. The van der Waals surface area contributed by atoms with Gasteiger partial charge in [0.05, 0.1) is 12.6 Å². The van der Waals surface area contributed by atoms with Crippen LogP contribution >= 0.6 is 11.6 Å². The van der Waals surface area contributed by atoms with Gasteiger partial charge in [-0.3, -0.25) is 4.90 Å². The number of hydrogen-bond donors (Lipinski definition) is 0. The average Bonchev–Trinajstić information content (AvgIpc) is 2.97. The molecule has 1 saturated heterocycles. The van der Waals surface area contributed by atoms with Crippen LogP contribution in [0.15, 0.2) is 28.8 Å².